The van der Waals surface area contributed by atoms with E-state index in [1.165, 1.54) is 16.8 Å². The number of aliphatic hydroxyl groups is 2. The molecule has 8 unspecified atom stereocenters. The molecule has 0 saturated heterocycles. The summed E-state index contributed by atoms with van der Waals surface area (Å²) in [5.41, 5.74) is -2.25. The molecule has 9 heteroatoms. The van der Waals surface area contributed by atoms with Gasteiger partial charge in [-0.3, -0.25) is 4.79 Å². The van der Waals surface area contributed by atoms with Crippen molar-refractivity contribution >= 4 is 27.1 Å². The number of hydrogen-bond acceptors (Lipinski definition) is 7. The van der Waals surface area contributed by atoms with Crippen LogP contribution < -0.4 is 0 Å². The molecule has 8 atom stereocenters. The summed E-state index contributed by atoms with van der Waals surface area (Å²) in [4.78, 5) is 15.4. The summed E-state index contributed by atoms with van der Waals surface area (Å²) in [6.45, 7) is 4.86. The Kier molecular flexibility index (Phi) is 6.71. The summed E-state index contributed by atoms with van der Waals surface area (Å²) >= 11 is 1.61. The highest BCUT2D eigenvalue weighted by atomic mass is 32.2. The average molecular weight is 626 g/mol. The van der Waals surface area contributed by atoms with Crippen LogP contribution in [0.15, 0.2) is 64.1 Å². The first-order valence-corrected chi connectivity index (χ1v) is 18.4. The van der Waals surface area contributed by atoms with Crippen molar-refractivity contribution in [3.63, 3.8) is 0 Å². The molecule has 6 aliphatic carbocycles. The molecular weight excluding hydrogens is 583 g/mol. The first-order chi connectivity index (χ1) is 20.3. The van der Waals surface area contributed by atoms with Crippen LogP contribution in [0.1, 0.15) is 74.2 Å². The van der Waals surface area contributed by atoms with Gasteiger partial charge >= 0.3 is 0 Å². The first-order valence-electron chi connectivity index (χ1n) is 15.7. The molecule has 0 radical (unpaired) electrons. The Morgan fingerprint density at radius 2 is 1.81 bits per heavy atom. The fraction of sp³-hybridized carbons (Fsp3) is 0.618. The lowest BCUT2D eigenvalue weighted by Crippen LogP contribution is -2.67. The van der Waals surface area contributed by atoms with Crippen LogP contribution in [0.2, 0.25) is 0 Å². The average Bonchev–Trinajstić information content (AvgIpc) is 3.72. The predicted octanol–water partition coefficient (Wildman–Crippen LogP) is 5.62. The fourth-order valence-electron chi connectivity index (χ4n) is 10.5. The monoisotopic (exact) mass is 625 g/mol. The quantitative estimate of drug-likeness (QED) is 0.291. The van der Waals surface area contributed by atoms with E-state index in [0.29, 0.717) is 38.0 Å². The maximum absolute atomic E-state index is 14.3. The zero-order valence-electron chi connectivity index (χ0n) is 25.3. The van der Waals surface area contributed by atoms with Crippen LogP contribution in [0.25, 0.3) is 0 Å². The maximum Gasteiger partial charge on any atom is 0.224 e. The number of fused-ring (bicyclic) bond motifs is 1. The number of sulfonamides is 1. The van der Waals surface area contributed by atoms with E-state index in [2.05, 4.69) is 32.1 Å². The number of rotatable bonds is 8. The lowest BCUT2D eigenvalue weighted by atomic mass is 9.32. The third kappa shape index (κ3) is 4.07. The largest absolute Gasteiger partial charge is 0.461 e. The Hall–Kier alpha value is -2.04. The molecule has 0 aromatic carbocycles. The van der Waals surface area contributed by atoms with Gasteiger partial charge in [-0.25, -0.2) is 8.42 Å². The van der Waals surface area contributed by atoms with Gasteiger partial charge in [0, 0.05) is 39.8 Å². The molecule has 6 aliphatic rings. The van der Waals surface area contributed by atoms with Crippen LogP contribution in [-0.2, 0) is 16.4 Å². The van der Waals surface area contributed by atoms with Crippen LogP contribution >= 0.6 is 11.3 Å². The molecule has 2 bridgehead atoms. The molecule has 8 rings (SSSR count). The van der Waals surface area contributed by atoms with Gasteiger partial charge in [-0.2, -0.15) is 4.31 Å². The number of furan rings is 1. The van der Waals surface area contributed by atoms with E-state index in [0.717, 1.165) is 36.1 Å². The standard InChI is InChI=1S/C34H43NO6S2/c1-30-12-8-23(36)20-32(30)15-16-34(25(21-32)29(37)26-7-4-18-41-26)27(30)9-13-31(2)28(34)10-14-33(31,38)22-35(43(3,39)40)17-11-24-6-5-19-42-24/h4-7,15-16,18-19,21,23,27-28,36,38H,8-14,17,20,22H2,1-3H3. The number of aliphatic hydroxyl groups excluding tert-OH is 1. The number of Topliss-reactive ketones (excluding diaryl/α,β-unsaturated/α-hetero) is 1. The molecule has 7 nitrogen and oxygen atoms in total. The highest BCUT2D eigenvalue weighted by molar-refractivity contribution is 7.88. The van der Waals surface area contributed by atoms with Crippen LogP contribution in [0.5, 0.6) is 0 Å². The normalized spacial score (nSPS) is 41.5. The van der Waals surface area contributed by atoms with E-state index in [-0.39, 0.29) is 29.6 Å². The highest BCUT2D eigenvalue weighted by Crippen LogP contribution is 2.78. The highest BCUT2D eigenvalue weighted by Gasteiger charge is 2.74. The summed E-state index contributed by atoms with van der Waals surface area (Å²) < 4.78 is 33.2. The summed E-state index contributed by atoms with van der Waals surface area (Å²) in [5, 5.41) is 25.4. The minimum atomic E-state index is -3.57. The summed E-state index contributed by atoms with van der Waals surface area (Å²) in [6, 6.07) is 7.44. The molecule has 0 amide bonds. The second kappa shape index (κ2) is 9.73. The Bertz CT molecular complexity index is 1580. The van der Waals surface area contributed by atoms with Crippen molar-refractivity contribution in [2.24, 2.45) is 33.5 Å². The number of nitrogens with zero attached hydrogens (tertiary/aromatic N) is 1. The molecule has 0 aliphatic heterocycles. The third-order valence-electron chi connectivity index (χ3n) is 12.8. The number of allylic oxidation sites excluding steroid dienone is 4. The molecule has 2 aromatic heterocycles. The number of carbonyl (C=O) groups excluding carboxylic acids is 1. The molecule has 2 heterocycles. The molecule has 2 spiro atoms. The van der Waals surface area contributed by atoms with E-state index >= 15 is 0 Å². The number of hydrogen-bond donors (Lipinski definition) is 2. The Morgan fingerprint density at radius 1 is 1.07 bits per heavy atom. The first kappa shape index (κ1) is 29.7. The van der Waals surface area contributed by atoms with Crippen molar-refractivity contribution in [3.8, 4) is 0 Å². The second-order valence-electron chi connectivity index (χ2n) is 14.5. The summed E-state index contributed by atoms with van der Waals surface area (Å²) in [5.74, 6) is 0.314. The van der Waals surface area contributed by atoms with Crippen LogP contribution in [0, 0.1) is 33.5 Å². The van der Waals surface area contributed by atoms with Crippen molar-refractivity contribution in [1.82, 2.24) is 4.31 Å². The number of thiophene rings is 1. The Morgan fingerprint density at radius 3 is 2.51 bits per heavy atom. The molecule has 3 saturated carbocycles. The van der Waals surface area contributed by atoms with Crippen molar-refractivity contribution in [2.45, 2.75) is 76.9 Å². The van der Waals surface area contributed by atoms with E-state index in [4.69, 9.17) is 4.42 Å². The minimum absolute atomic E-state index is 0.0489. The van der Waals surface area contributed by atoms with Gasteiger partial charge in [-0.1, -0.05) is 38.1 Å². The predicted molar refractivity (Wildman–Crippen MR) is 166 cm³/mol. The van der Waals surface area contributed by atoms with Gasteiger partial charge in [0.2, 0.25) is 15.8 Å². The number of ketones is 1. The van der Waals surface area contributed by atoms with Crippen LogP contribution in [0.4, 0.5) is 0 Å². The van der Waals surface area contributed by atoms with Crippen LogP contribution in [-0.4, -0.2) is 59.8 Å². The van der Waals surface area contributed by atoms with E-state index in [9.17, 15) is 23.4 Å². The van der Waals surface area contributed by atoms with Crippen molar-refractivity contribution in [3.05, 3.63) is 70.3 Å². The number of carbonyl (C=O) groups is 1. The zero-order chi connectivity index (χ0) is 30.5. The van der Waals surface area contributed by atoms with Gasteiger partial charge in [-0.15, -0.1) is 11.3 Å². The zero-order valence-corrected chi connectivity index (χ0v) is 26.9. The van der Waals surface area contributed by atoms with Crippen molar-refractivity contribution < 1.29 is 27.8 Å². The van der Waals surface area contributed by atoms with Crippen LogP contribution in [0.3, 0.4) is 0 Å². The maximum atomic E-state index is 14.3. The van der Waals surface area contributed by atoms with E-state index < -0.39 is 38.0 Å². The molecule has 3 fully saturated rings. The van der Waals surface area contributed by atoms with Crippen molar-refractivity contribution in [2.75, 3.05) is 19.3 Å². The molecule has 232 valence electrons. The molecular formula is C34H43NO6S2. The Labute approximate surface area is 258 Å². The summed E-state index contributed by atoms with van der Waals surface area (Å²) in [7, 11) is -3.57. The topological polar surface area (TPSA) is 108 Å². The lowest BCUT2D eigenvalue weighted by molar-refractivity contribution is -0.173. The molecule has 2 aromatic rings. The minimum Gasteiger partial charge on any atom is -0.461 e. The van der Waals surface area contributed by atoms with Gasteiger partial charge < -0.3 is 14.6 Å². The lowest BCUT2D eigenvalue weighted by Gasteiger charge is -2.71. The Balaban J connectivity index is 1.30. The van der Waals surface area contributed by atoms with Gasteiger partial charge in [-0.05, 0) is 92.2 Å². The molecule has 2 N–H and O–H groups in total. The smallest absolute Gasteiger partial charge is 0.224 e. The summed E-state index contributed by atoms with van der Waals surface area (Å²) in [6.07, 6.45) is 14.6. The van der Waals surface area contributed by atoms with Gasteiger partial charge in [0.15, 0.2) is 5.76 Å². The SMILES string of the molecule is CC12CCC(O)CC13C=CC1(C(C(=O)c4ccco4)=C3)C2CCC2(C)C1CCC2(O)CN(CCc1cccs1)S(C)(=O)=O. The van der Waals surface area contributed by atoms with Gasteiger partial charge in [0.1, 0.15) is 0 Å². The van der Waals surface area contributed by atoms with Gasteiger partial charge in [0.05, 0.1) is 24.2 Å². The molecule has 43 heavy (non-hydrogen) atoms. The third-order valence-corrected chi connectivity index (χ3v) is 15.0. The van der Waals surface area contributed by atoms with Crippen molar-refractivity contribution in [1.29, 1.82) is 0 Å². The fourth-order valence-corrected chi connectivity index (χ4v) is 12.1. The van der Waals surface area contributed by atoms with Gasteiger partial charge in [0.25, 0.3) is 0 Å². The second-order valence-corrected chi connectivity index (χ2v) is 17.6. The van der Waals surface area contributed by atoms with E-state index in [1.54, 1.807) is 23.5 Å². The van der Waals surface area contributed by atoms with E-state index in [1.807, 2.05) is 17.5 Å².